The summed E-state index contributed by atoms with van der Waals surface area (Å²) < 4.78 is 10.7. The van der Waals surface area contributed by atoms with Gasteiger partial charge in [-0.2, -0.15) is 4.98 Å². The molecule has 3 aromatic rings. The Bertz CT molecular complexity index is 1070. The van der Waals surface area contributed by atoms with Crippen LogP contribution in [0.2, 0.25) is 0 Å². The van der Waals surface area contributed by atoms with Gasteiger partial charge in [0.1, 0.15) is 5.82 Å². The number of hydrogen-bond acceptors (Lipinski definition) is 8. The van der Waals surface area contributed by atoms with E-state index in [2.05, 4.69) is 25.5 Å². The highest BCUT2D eigenvalue weighted by Crippen LogP contribution is 2.33. The number of fused-ring (bicyclic) bond motifs is 1. The third-order valence-electron chi connectivity index (χ3n) is 5.02. The number of ether oxygens (including phenoxy) is 2. The van der Waals surface area contributed by atoms with Gasteiger partial charge in [0.05, 0.1) is 26.3 Å². The number of piperazine rings is 1. The highest BCUT2D eigenvalue weighted by Gasteiger charge is 2.16. The fourth-order valence-corrected chi connectivity index (χ4v) is 3.42. The van der Waals surface area contributed by atoms with Crippen molar-refractivity contribution in [2.24, 2.45) is 0 Å². The lowest BCUT2D eigenvalue weighted by atomic mass is 10.2. The molecule has 156 valence electrons. The summed E-state index contributed by atoms with van der Waals surface area (Å²) in [5.41, 5.74) is 8.89. The Morgan fingerprint density at radius 1 is 1.13 bits per heavy atom. The van der Waals surface area contributed by atoms with Crippen LogP contribution in [0, 0.1) is 0 Å². The highest BCUT2D eigenvalue weighted by atomic mass is 16.5. The standard InChI is InChI=1S/C21H24N6O3/c1-29-17-9-15-16(10-18(17)30-2)25-21(26-20(15)22)24-11-13-3-5-14(6-4-13)27-8-7-23-19(28)12-27/h3-6,9-10H,7-8,11-12H2,1-2H3,(H,23,28)(H3,22,24,25,26). The number of aromatic nitrogens is 2. The number of nitrogens with zero attached hydrogens (tertiary/aromatic N) is 3. The number of nitrogens with two attached hydrogens (primary N) is 1. The fraction of sp³-hybridized carbons (Fsp3) is 0.286. The molecule has 4 N–H and O–H groups in total. The van der Waals surface area contributed by atoms with Crippen LogP contribution in [0.3, 0.4) is 0 Å². The number of amides is 1. The fourth-order valence-electron chi connectivity index (χ4n) is 3.42. The van der Waals surface area contributed by atoms with Crippen molar-refractivity contribution >= 4 is 34.3 Å². The largest absolute Gasteiger partial charge is 0.493 e. The quantitative estimate of drug-likeness (QED) is 0.565. The van der Waals surface area contributed by atoms with E-state index in [9.17, 15) is 4.79 Å². The van der Waals surface area contributed by atoms with Crippen LogP contribution in [0.4, 0.5) is 17.5 Å². The molecular formula is C21H24N6O3. The maximum Gasteiger partial charge on any atom is 0.239 e. The topological polar surface area (TPSA) is 115 Å². The van der Waals surface area contributed by atoms with Crippen molar-refractivity contribution in [1.29, 1.82) is 0 Å². The van der Waals surface area contributed by atoms with Gasteiger partial charge in [-0.3, -0.25) is 4.79 Å². The molecule has 0 aliphatic carbocycles. The molecule has 1 aliphatic rings. The number of nitrogen functional groups attached to an aromatic ring is 1. The second-order valence-electron chi connectivity index (χ2n) is 6.95. The minimum atomic E-state index is 0.0484. The molecule has 0 bridgehead atoms. The monoisotopic (exact) mass is 408 g/mol. The Labute approximate surface area is 174 Å². The first-order chi connectivity index (χ1) is 14.6. The Hall–Kier alpha value is -3.75. The van der Waals surface area contributed by atoms with Gasteiger partial charge >= 0.3 is 0 Å². The predicted molar refractivity (Wildman–Crippen MR) is 116 cm³/mol. The molecule has 2 heterocycles. The number of rotatable bonds is 6. The molecule has 2 aromatic carbocycles. The number of hydrogen-bond donors (Lipinski definition) is 3. The Balaban J connectivity index is 1.48. The van der Waals surface area contributed by atoms with Gasteiger partial charge in [0.2, 0.25) is 11.9 Å². The summed E-state index contributed by atoms with van der Waals surface area (Å²) >= 11 is 0. The van der Waals surface area contributed by atoms with Crippen molar-refractivity contribution < 1.29 is 14.3 Å². The average Bonchev–Trinajstić information content (AvgIpc) is 2.77. The average molecular weight is 408 g/mol. The van der Waals surface area contributed by atoms with Gasteiger partial charge in [-0.25, -0.2) is 4.98 Å². The summed E-state index contributed by atoms with van der Waals surface area (Å²) in [7, 11) is 3.15. The number of methoxy groups -OCH3 is 2. The predicted octanol–water partition coefficient (Wildman–Crippen LogP) is 1.78. The molecule has 9 nitrogen and oxygen atoms in total. The zero-order valence-corrected chi connectivity index (χ0v) is 16.9. The molecule has 0 spiro atoms. The number of benzene rings is 2. The van der Waals surface area contributed by atoms with Crippen LogP contribution < -0.4 is 30.7 Å². The molecule has 0 atom stereocenters. The van der Waals surface area contributed by atoms with Crippen LogP contribution in [0.25, 0.3) is 10.9 Å². The Kier molecular flexibility index (Phi) is 5.42. The van der Waals surface area contributed by atoms with Crippen molar-refractivity contribution in [3.8, 4) is 11.5 Å². The normalized spacial score (nSPS) is 13.8. The number of nitrogens with one attached hydrogen (secondary N) is 2. The number of carbonyl (C=O) groups excluding carboxylic acids is 1. The SMILES string of the molecule is COc1cc2nc(NCc3ccc(N4CCNC(=O)C4)cc3)nc(N)c2cc1OC. The third-order valence-corrected chi connectivity index (χ3v) is 5.02. The molecule has 1 saturated heterocycles. The van der Waals surface area contributed by atoms with Gasteiger partial charge in [-0.1, -0.05) is 12.1 Å². The number of carbonyl (C=O) groups is 1. The smallest absolute Gasteiger partial charge is 0.239 e. The van der Waals surface area contributed by atoms with Crippen LogP contribution in [-0.2, 0) is 11.3 Å². The summed E-state index contributed by atoms with van der Waals surface area (Å²) in [6.45, 7) is 2.40. The molecule has 1 amide bonds. The van der Waals surface area contributed by atoms with Crippen LogP contribution in [0.5, 0.6) is 11.5 Å². The number of anilines is 3. The summed E-state index contributed by atoms with van der Waals surface area (Å²) in [5, 5.41) is 6.75. The molecule has 0 radical (unpaired) electrons. The molecule has 0 unspecified atom stereocenters. The maximum absolute atomic E-state index is 11.6. The third kappa shape index (κ3) is 4.00. The lowest BCUT2D eigenvalue weighted by Crippen LogP contribution is -2.47. The van der Waals surface area contributed by atoms with Gasteiger partial charge in [-0.15, -0.1) is 0 Å². The van der Waals surface area contributed by atoms with Crippen molar-refractivity contribution in [3.05, 3.63) is 42.0 Å². The van der Waals surface area contributed by atoms with Crippen molar-refractivity contribution in [1.82, 2.24) is 15.3 Å². The minimum Gasteiger partial charge on any atom is -0.493 e. The lowest BCUT2D eigenvalue weighted by Gasteiger charge is -2.28. The van der Waals surface area contributed by atoms with Crippen molar-refractivity contribution in [2.75, 3.05) is 49.8 Å². The minimum absolute atomic E-state index is 0.0484. The summed E-state index contributed by atoms with van der Waals surface area (Å²) in [5.74, 6) is 2.00. The molecular weight excluding hydrogens is 384 g/mol. The second kappa shape index (κ2) is 8.32. The van der Waals surface area contributed by atoms with Crippen LogP contribution in [-0.4, -0.2) is 49.7 Å². The molecule has 1 fully saturated rings. The molecule has 30 heavy (non-hydrogen) atoms. The van der Waals surface area contributed by atoms with E-state index in [1.54, 1.807) is 26.4 Å². The zero-order valence-electron chi connectivity index (χ0n) is 16.9. The zero-order chi connectivity index (χ0) is 21.1. The van der Waals surface area contributed by atoms with Gasteiger partial charge in [0, 0.05) is 36.8 Å². The Morgan fingerprint density at radius 2 is 1.87 bits per heavy atom. The van der Waals surface area contributed by atoms with Crippen LogP contribution >= 0.6 is 0 Å². The molecule has 4 rings (SSSR count). The maximum atomic E-state index is 11.6. The highest BCUT2D eigenvalue weighted by molar-refractivity contribution is 5.91. The first-order valence-electron chi connectivity index (χ1n) is 9.61. The Morgan fingerprint density at radius 3 is 2.57 bits per heavy atom. The summed E-state index contributed by atoms with van der Waals surface area (Å²) in [6, 6.07) is 11.6. The van der Waals surface area contributed by atoms with Gasteiger partial charge < -0.3 is 30.7 Å². The second-order valence-corrected chi connectivity index (χ2v) is 6.95. The van der Waals surface area contributed by atoms with E-state index < -0.39 is 0 Å². The first-order valence-corrected chi connectivity index (χ1v) is 9.61. The van der Waals surface area contributed by atoms with E-state index in [1.165, 1.54) is 0 Å². The van der Waals surface area contributed by atoms with E-state index >= 15 is 0 Å². The van der Waals surface area contributed by atoms with E-state index in [1.807, 2.05) is 24.3 Å². The van der Waals surface area contributed by atoms with Crippen molar-refractivity contribution in [2.45, 2.75) is 6.54 Å². The van der Waals surface area contributed by atoms with Crippen molar-refractivity contribution in [3.63, 3.8) is 0 Å². The summed E-state index contributed by atoms with van der Waals surface area (Å²) in [4.78, 5) is 22.5. The van der Waals surface area contributed by atoms with Gasteiger partial charge in [0.25, 0.3) is 0 Å². The van der Waals surface area contributed by atoms with E-state index in [-0.39, 0.29) is 5.91 Å². The molecule has 0 saturated carbocycles. The molecule has 1 aliphatic heterocycles. The van der Waals surface area contributed by atoms with Gasteiger partial charge in [0.15, 0.2) is 11.5 Å². The van der Waals surface area contributed by atoms with Crippen LogP contribution in [0.1, 0.15) is 5.56 Å². The molecule has 9 heteroatoms. The van der Waals surface area contributed by atoms with Gasteiger partial charge in [-0.05, 0) is 23.8 Å². The lowest BCUT2D eigenvalue weighted by molar-refractivity contribution is -0.120. The molecule has 1 aromatic heterocycles. The van der Waals surface area contributed by atoms with E-state index in [0.717, 1.165) is 17.8 Å². The van der Waals surface area contributed by atoms with Crippen LogP contribution in [0.15, 0.2) is 36.4 Å². The summed E-state index contributed by atoms with van der Waals surface area (Å²) in [6.07, 6.45) is 0. The van der Waals surface area contributed by atoms with E-state index in [4.69, 9.17) is 15.2 Å². The van der Waals surface area contributed by atoms with E-state index in [0.29, 0.717) is 53.8 Å². The first kappa shape index (κ1) is 19.6.